The number of carbonyl (C=O) groups is 1. The third-order valence-electron chi connectivity index (χ3n) is 4.90. The van der Waals surface area contributed by atoms with E-state index >= 15 is 0 Å². The highest BCUT2D eigenvalue weighted by Crippen LogP contribution is 2.49. The second-order valence-corrected chi connectivity index (χ2v) is 8.66. The van der Waals surface area contributed by atoms with E-state index in [1.165, 1.54) is 0 Å². The van der Waals surface area contributed by atoms with E-state index in [0.717, 1.165) is 41.5 Å². The SMILES string of the molecule is CN(C(=O)C1(Sc2nnc(-c3ccsc3)n2C)CCC1)c1ccccc1. The monoisotopic (exact) mass is 384 g/mol. The second kappa shape index (κ2) is 6.89. The van der Waals surface area contributed by atoms with Crippen molar-refractivity contribution in [3.63, 3.8) is 0 Å². The molecule has 0 N–H and O–H groups in total. The van der Waals surface area contributed by atoms with E-state index in [1.807, 2.05) is 60.4 Å². The number of benzene rings is 1. The van der Waals surface area contributed by atoms with Crippen molar-refractivity contribution in [1.82, 2.24) is 14.8 Å². The van der Waals surface area contributed by atoms with Crippen molar-refractivity contribution in [2.75, 3.05) is 11.9 Å². The Morgan fingerprint density at radius 2 is 2.00 bits per heavy atom. The molecule has 0 spiro atoms. The lowest BCUT2D eigenvalue weighted by Gasteiger charge is -2.41. The number of thiophene rings is 1. The smallest absolute Gasteiger partial charge is 0.243 e. The van der Waals surface area contributed by atoms with Crippen LogP contribution in [0.5, 0.6) is 0 Å². The van der Waals surface area contributed by atoms with Gasteiger partial charge < -0.3 is 9.47 Å². The maximum absolute atomic E-state index is 13.2. The Morgan fingerprint density at radius 1 is 1.23 bits per heavy atom. The van der Waals surface area contributed by atoms with Gasteiger partial charge in [0.05, 0.1) is 0 Å². The number of hydrogen-bond donors (Lipinski definition) is 0. The largest absolute Gasteiger partial charge is 0.314 e. The maximum atomic E-state index is 13.2. The molecule has 1 aliphatic carbocycles. The summed E-state index contributed by atoms with van der Waals surface area (Å²) in [6.07, 6.45) is 2.80. The summed E-state index contributed by atoms with van der Waals surface area (Å²) in [5, 5.41) is 13.6. The molecule has 134 valence electrons. The molecule has 0 aliphatic heterocycles. The van der Waals surface area contributed by atoms with Gasteiger partial charge >= 0.3 is 0 Å². The summed E-state index contributed by atoms with van der Waals surface area (Å²) in [4.78, 5) is 15.0. The van der Waals surface area contributed by atoms with Crippen LogP contribution in [-0.4, -0.2) is 32.5 Å². The van der Waals surface area contributed by atoms with Crippen molar-refractivity contribution in [3.8, 4) is 11.4 Å². The Morgan fingerprint density at radius 3 is 2.62 bits per heavy atom. The van der Waals surface area contributed by atoms with Gasteiger partial charge in [0.15, 0.2) is 11.0 Å². The number of nitrogens with zero attached hydrogens (tertiary/aromatic N) is 4. The summed E-state index contributed by atoms with van der Waals surface area (Å²) in [6, 6.07) is 11.8. The molecule has 26 heavy (non-hydrogen) atoms. The molecule has 4 rings (SSSR count). The number of para-hydroxylation sites is 1. The first-order valence-electron chi connectivity index (χ1n) is 8.55. The lowest BCUT2D eigenvalue weighted by molar-refractivity contribution is -0.122. The molecule has 0 radical (unpaired) electrons. The molecular formula is C19H20N4OS2. The summed E-state index contributed by atoms with van der Waals surface area (Å²) >= 11 is 3.19. The summed E-state index contributed by atoms with van der Waals surface area (Å²) in [7, 11) is 3.82. The predicted molar refractivity (Wildman–Crippen MR) is 107 cm³/mol. The molecule has 1 amide bonds. The highest BCUT2D eigenvalue weighted by Gasteiger charge is 2.48. The fourth-order valence-corrected chi connectivity index (χ4v) is 5.16. The first-order valence-corrected chi connectivity index (χ1v) is 10.3. The zero-order valence-electron chi connectivity index (χ0n) is 14.8. The van der Waals surface area contributed by atoms with Crippen LogP contribution in [0, 0.1) is 0 Å². The van der Waals surface area contributed by atoms with E-state index in [2.05, 4.69) is 15.6 Å². The van der Waals surface area contributed by atoms with Gasteiger partial charge in [-0.05, 0) is 42.8 Å². The van der Waals surface area contributed by atoms with Crippen LogP contribution in [0.15, 0.2) is 52.3 Å². The van der Waals surface area contributed by atoms with Gasteiger partial charge in [0.25, 0.3) is 0 Å². The van der Waals surface area contributed by atoms with Gasteiger partial charge in [-0.15, -0.1) is 10.2 Å². The average Bonchev–Trinajstić information content (AvgIpc) is 3.28. The fraction of sp³-hybridized carbons (Fsp3) is 0.316. The highest BCUT2D eigenvalue weighted by atomic mass is 32.2. The van der Waals surface area contributed by atoms with Gasteiger partial charge in [-0.3, -0.25) is 4.79 Å². The molecule has 0 atom stereocenters. The highest BCUT2D eigenvalue weighted by molar-refractivity contribution is 8.01. The summed E-state index contributed by atoms with van der Waals surface area (Å²) < 4.78 is 1.54. The normalized spacial score (nSPS) is 15.5. The number of rotatable bonds is 5. The number of anilines is 1. The van der Waals surface area contributed by atoms with Crippen LogP contribution in [0.1, 0.15) is 19.3 Å². The second-order valence-electron chi connectivity index (χ2n) is 6.53. The van der Waals surface area contributed by atoms with Crippen molar-refractivity contribution in [2.45, 2.75) is 29.2 Å². The van der Waals surface area contributed by atoms with Gasteiger partial charge in [-0.2, -0.15) is 11.3 Å². The Kier molecular flexibility index (Phi) is 4.58. The number of thioether (sulfide) groups is 1. The first kappa shape index (κ1) is 17.3. The standard InChI is InChI=1S/C19H20N4OS2/c1-22(15-7-4-3-5-8-15)17(24)19(10-6-11-19)26-18-21-20-16(23(18)2)14-9-12-25-13-14/h3-5,7-9,12-13H,6,10-11H2,1-2H3. The molecule has 0 bridgehead atoms. The predicted octanol–water partition coefficient (Wildman–Crippen LogP) is 4.22. The lowest BCUT2D eigenvalue weighted by atomic mass is 9.83. The van der Waals surface area contributed by atoms with Crippen molar-refractivity contribution in [1.29, 1.82) is 0 Å². The first-order chi connectivity index (χ1) is 12.6. The Bertz CT molecular complexity index is 901. The minimum atomic E-state index is -0.447. The van der Waals surface area contributed by atoms with Crippen LogP contribution in [-0.2, 0) is 11.8 Å². The summed E-state index contributed by atoms with van der Waals surface area (Å²) in [5.74, 6) is 0.979. The molecule has 0 saturated heterocycles. The van der Waals surface area contributed by atoms with Crippen LogP contribution in [0.25, 0.3) is 11.4 Å². The topological polar surface area (TPSA) is 51.0 Å². The van der Waals surface area contributed by atoms with Gasteiger partial charge in [0, 0.05) is 30.7 Å². The van der Waals surface area contributed by atoms with Crippen LogP contribution in [0.3, 0.4) is 0 Å². The van der Waals surface area contributed by atoms with E-state index in [9.17, 15) is 4.79 Å². The van der Waals surface area contributed by atoms with Crippen molar-refractivity contribution >= 4 is 34.7 Å². The minimum absolute atomic E-state index is 0.139. The summed E-state index contributed by atoms with van der Waals surface area (Å²) in [6.45, 7) is 0. The Balaban J connectivity index is 1.59. The van der Waals surface area contributed by atoms with Crippen LogP contribution >= 0.6 is 23.1 Å². The van der Waals surface area contributed by atoms with Crippen LogP contribution in [0.2, 0.25) is 0 Å². The number of hydrogen-bond acceptors (Lipinski definition) is 5. The van der Waals surface area contributed by atoms with E-state index in [1.54, 1.807) is 28.0 Å². The third-order valence-corrected chi connectivity index (χ3v) is 7.09. The molecule has 1 aliphatic rings. The number of amides is 1. The van der Waals surface area contributed by atoms with Crippen molar-refractivity contribution in [3.05, 3.63) is 47.2 Å². The molecule has 2 heterocycles. The van der Waals surface area contributed by atoms with E-state index in [0.29, 0.717) is 0 Å². The zero-order chi connectivity index (χ0) is 18.1. The molecule has 7 heteroatoms. The molecule has 5 nitrogen and oxygen atoms in total. The van der Waals surface area contributed by atoms with Gasteiger partial charge in [0.2, 0.25) is 5.91 Å². The average molecular weight is 385 g/mol. The van der Waals surface area contributed by atoms with E-state index in [-0.39, 0.29) is 5.91 Å². The minimum Gasteiger partial charge on any atom is -0.314 e. The maximum Gasteiger partial charge on any atom is 0.243 e. The molecule has 2 aromatic heterocycles. The molecule has 0 unspecified atom stereocenters. The molecular weight excluding hydrogens is 364 g/mol. The number of aromatic nitrogens is 3. The van der Waals surface area contributed by atoms with E-state index in [4.69, 9.17) is 0 Å². The summed E-state index contributed by atoms with van der Waals surface area (Å²) in [5.41, 5.74) is 1.98. The third kappa shape index (κ3) is 2.95. The lowest BCUT2D eigenvalue weighted by Crippen LogP contribution is -2.50. The fourth-order valence-electron chi connectivity index (χ4n) is 3.15. The van der Waals surface area contributed by atoms with Gasteiger partial charge in [0.1, 0.15) is 4.75 Å². The van der Waals surface area contributed by atoms with Gasteiger partial charge in [-0.1, -0.05) is 30.0 Å². The molecule has 3 aromatic rings. The van der Waals surface area contributed by atoms with Crippen molar-refractivity contribution in [2.24, 2.45) is 7.05 Å². The van der Waals surface area contributed by atoms with Gasteiger partial charge in [-0.25, -0.2) is 0 Å². The van der Waals surface area contributed by atoms with Crippen LogP contribution < -0.4 is 4.90 Å². The molecule has 1 saturated carbocycles. The molecule has 1 fully saturated rings. The molecule has 1 aromatic carbocycles. The van der Waals surface area contributed by atoms with E-state index < -0.39 is 4.75 Å². The Hall–Kier alpha value is -2.12. The quantitative estimate of drug-likeness (QED) is 0.661. The van der Waals surface area contributed by atoms with Crippen molar-refractivity contribution < 1.29 is 4.79 Å². The van der Waals surface area contributed by atoms with Crippen LogP contribution in [0.4, 0.5) is 5.69 Å². The zero-order valence-corrected chi connectivity index (χ0v) is 16.4. The number of carbonyl (C=O) groups excluding carboxylic acids is 1. The Labute approximate surface area is 161 Å².